The summed E-state index contributed by atoms with van der Waals surface area (Å²) < 4.78 is 34.9. The number of esters is 2. The van der Waals surface area contributed by atoms with E-state index in [9.17, 15) is 38.4 Å². The van der Waals surface area contributed by atoms with Gasteiger partial charge in [0.25, 0.3) is 23.6 Å². The van der Waals surface area contributed by atoms with Gasteiger partial charge in [-0.25, -0.2) is 9.59 Å². The molecular weight excluding hydrogens is 1050 g/mol. The van der Waals surface area contributed by atoms with Crippen molar-refractivity contribution in [1.82, 2.24) is 20.4 Å². The quantitative estimate of drug-likeness (QED) is 0.0295. The van der Waals surface area contributed by atoms with Crippen molar-refractivity contribution in [2.45, 2.75) is 143 Å². The van der Waals surface area contributed by atoms with Gasteiger partial charge < -0.3 is 48.9 Å². The number of carbonyl (C=O) groups excluding carboxylic acids is 8. The van der Waals surface area contributed by atoms with Crippen LogP contribution in [0.4, 0.5) is 0 Å². The lowest BCUT2D eigenvalue weighted by molar-refractivity contribution is -0.165. The molecule has 2 saturated heterocycles. The number of Topliss-reactive ketones (excluding diaryl/α,β-unsaturated/α-hetero) is 2. The second-order valence-electron chi connectivity index (χ2n) is 22.2. The molecule has 18 nitrogen and oxygen atoms in total. The van der Waals surface area contributed by atoms with Crippen LogP contribution in [0.25, 0.3) is 0 Å². The fourth-order valence-electron chi connectivity index (χ4n) is 9.62. The molecule has 4 aromatic rings. The number of ether oxygens (including phenoxy) is 6. The first-order chi connectivity index (χ1) is 39.3. The molecule has 0 unspecified atom stereocenters. The first kappa shape index (κ1) is 63.4. The molecule has 2 N–H and O–H groups in total. The third-order valence-corrected chi connectivity index (χ3v) is 15.7. The highest BCUT2D eigenvalue weighted by molar-refractivity contribution is 6.38. The van der Waals surface area contributed by atoms with Gasteiger partial charge in [0, 0.05) is 37.0 Å². The standard InChI is InChI=1S/C64H82N4O14/c1-9-63(3,4)57(71)59(73)67-37-13-11-21-51(67)61(75)81-53(33-27-43-23-29-47(77-7)30-24-43)45-17-15-19-49(39-45)79-41-55(69)65-35-36-66-56(70)42-80-50-20-16-18-46(40-50)54(34-28-44-25-31-48(78-8)32-26-44)82-62(76)52-22-12-14-38-68(52)60(74)58(72)64(5,6)10-2/h15-20,23-26,29-32,39-40,51-54H,9-14,21-22,27-28,33-38,41-42H2,1-8H3,(H,65,69)(H,66,70)/t51-,52-,53+,54+/m0/s1. The normalized spacial score (nSPS) is 16.1. The minimum atomic E-state index is -0.918. The van der Waals surface area contributed by atoms with Crippen molar-refractivity contribution in [3.05, 3.63) is 119 Å². The second-order valence-corrected chi connectivity index (χ2v) is 22.2. The molecule has 0 saturated carbocycles. The monoisotopic (exact) mass is 1130 g/mol. The highest BCUT2D eigenvalue weighted by Gasteiger charge is 2.43. The molecule has 6 rings (SSSR count). The molecule has 82 heavy (non-hydrogen) atoms. The summed E-state index contributed by atoms with van der Waals surface area (Å²) in [5.74, 6) is -2.40. The van der Waals surface area contributed by atoms with Crippen molar-refractivity contribution < 1.29 is 66.8 Å². The second kappa shape index (κ2) is 30.3. The lowest BCUT2D eigenvalue weighted by Gasteiger charge is -2.36. The fraction of sp³-hybridized carbons (Fsp3) is 0.500. The lowest BCUT2D eigenvalue weighted by atomic mass is 9.84. The number of hydrogen-bond acceptors (Lipinski definition) is 14. The number of amides is 4. The molecule has 0 aromatic heterocycles. The number of benzene rings is 4. The van der Waals surface area contributed by atoms with Gasteiger partial charge >= 0.3 is 11.9 Å². The van der Waals surface area contributed by atoms with E-state index in [1.165, 1.54) is 9.80 Å². The van der Waals surface area contributed by atoms with E-state index >= 15 is 0 Å². The number of hydrogen-bond donors (Lipinski definition) is 2. The van der Waals surface area contributed by atoms with Crippen LogP contribution in [-0.2, 0) is 60.7 Å². The Morgan fingerprint density at radius 2 is 0.902 bits per heavy atom. The summed E-state index contributed by atoms with van der Waals surface area (Å²) in [4.78, 5) is 110. The van der Waals surface area contributed by atoms with Gasteiger partial charge in [-0.15, -0.1) is 0 Å². The maximum atomic E-state index is 14.0. The summed E-state index contributed by atoms with van der Waals surface area (Å²) in [6.45, 7) is 10.6. The Hall–Kier alpha value is -7.76. The molecule has 0 aliphatic carbocycles. The lowest BCUT2D eigenvalue weighted by Crippen LogP contribution is -2.53. The van der Waals surface area contributed by atoms with E-state index in [1.54, 1.807) is 90.4 Å². The van der Waals surface area contributed by atoms with Crippen LogP contribution in [0.3, 0.4) is 0 Å². The maximum Gasteiger partial charge on any atom is 0.329 e. The first-order valence-corrected chi connectivity index (χ1v) is 28.6. The van der Waals surface area contributed by atoms with Gasteiger partial charge in [0.1, 0.15) is 47.3 Å². The third kappa shape index (κ3) is 17.9. The molecule has 2 fully saturated rings. The van der Waals surface area contributed by atoms with Gasteiger partial charge in [-0.1, -0.05) is 90.1 Å². The highest BCUT2D eigenvalue weighted by Crippen LogP contribution is 2.33. The van der Waals surface area contributed by atoms with E-state index in [0.29, 0.717) is 111 Å². The molecule has 2 aliphatic rings. The van der Waals surface area contributed by atoms with E-state index in [-0.39, 0.29) is 39.4 Å². The number of likely N-dealkylation sites (tertiary alicyclic amines) is 2. The average molecular weight is 1130 g/mol. The predicted octanol–water partition coefficient (Wildman–Crippen LogP) is 8.60. The van der Waals surface area contributed by atoms with Crippen LogP contribution < -0.4 is 29.6 Å². The first-order valence-electron chi connectivity index (χ1n) is 28.6. The number of carbonyl (C=O) groups is 8. The molecule has 4 amide bonds. The van der Waals surface area contributed by atoms with Crippen LogP contribution in [-0.4, -0.2) is 123 Å². The number of ketones is 2. The van der Waals surface area contributed by atoms with Crippen LogP contribution in [0.5, 0.6) is 23.0 Å². The van der Waals surface area contributed by atoms with Crippen molar-refractivity contribution in [3.63, 3.8) is 0 Å². The Kier molecular flexibility index (Phi) is 23.5. The molecule has 0 spiro atoms. The molecule has 0 radical (unpaired) electrons. The van der Waals surface area contributed by atoms with Crippen molar-refractivity contribution in [3.8, 4) is 23.0 Å². The van der Waals surface area contributed by atoms with E-state index in [4.69, 9.17) is 28.4 Å². The highest BCUT2D eigenvalue weighted by atomic mass is 16.6. The van der Waals surface area contributed by atoms with Gasteiger partial charge in [0.2, 0.25) is 11.6 Å². The molecule has 442 valence electrons. The number of piperidine rings is 2. The van der Waals surface area contributed by atoms with Crippen molar-refractivity contribution >= 4 is 47.1 Å². The van der Waals surface area contributed by atoms with Crippen molar-refractivity contribution in [2.75, 3.05) is 53.6 Å². The maximum absolute atomic E-state index is 14.0. The summed E-state index contributed by atoms with van der Waals surface area (Å²) in [5.41, 5.74) is 1.45. The van der Waals surface area contributed by atoms with E-state index in [0.717, 1.165) is 11.1 Å². The number of aryl methyl sites for hydroxylation is 2. The molecule has 4 aromatic carbocycles. The Morgan fingerprint density at radius 1 is 0.524 bits per heavy atom. The van der Waals surface area contributed by atoms with Crippen LogP contribution in [0.15, 0.2) is 97.1 Å². The van der Waals surface area contributed by atoms with E-state index in [2.05, 4.69) is 10.6 Å². The zero-order valence-electron chi connectivity index (χ0n) is 48.9. The van der Waals surface area contributed by atoms with Gasteiger partial charge in [-0.2, -0.15) is 0 Å². The molecule has 2 aliphatic heterocycles. The van der Waals surface area contributed by atoms with E-state index < -0.39 is 82.3 Å². The molecule has 18 heteroatoms. The SMILES string of the molecule is CCC(C)(C)C(=O)C(=O)N1CCCC[C@H]1C(=O)O[C@H](CCc1ccc(OC)cc1)c1cccc(OCC(=O)NCCNC(=O)COc2cccc([C@@H](CCc3ccc(OC)cc3)OC(=O)[C@@H]3CCCCN3C(=O)C(=O)C(C)(C)CC)c2)c1. The number of rotatable bonds is 29. The summed E-state index contributed by atoms with van der Waals surface area (Å²) in [6.07, 6.45) is 4.70. The number of nitrogens with one attached hydrogen (secondary N) is 2. The number of nitrogens with zero attached hydrogens (tertiary/aromatic N) is 2. The topological polar surface area (TPSA) is 222 Å². The Balaban J connectivity index is 1.02. The predicted molar refractivity (Wildman–Crippen MR) is 307 cm³/mol. The summed E-state index contributed by atoms with van der Waals surface area (Å²) in [5, 5.41) is 5.47. The van der Waals surface area contributed by atoms with Gasteiger partial charge in [0.15, 0.2) is 13.2 Å². The van der Waals surface area contributed by atoms with Crippen molar-refractivity contribution in [2.24, 2.45) is 10.8 Å². The van der Waals surface area contributed by atoms with Crippen molar-refractivity contribution in [1.29, 1.82) is 0 Å². The van der Waals surface area contributed by atoms with Crippen LogP contribution in [0.1, 0.15) is 140 Å². The minimum absolute atomic E-state index is 0.0882. The Bertz CT molecular complexity index is 2640. The molecule has 2 heterocycles. The third-order valence-electron chi connectivity index (χ3n) is 15.7. The molecule has 4 atom stereocenters. The zero-order valence-corrected chi connectivity index (χ0v) is 48.9. The zero-order chi connectivity index (χ0) is 59.4. The van der Waals surface area contributed by atoms with Gasteiger partial charge in [-0.3, -0.25) is 28.8 Å². The smallest absolute Gasteiger partial charge is 0.329 e. The number of methoxy groups -OCH3 is 2. The summed E-state index contributed by atoms with van der Waals surface area (Å²) in [6, 6.07) is 27.2. The summed E-state index contributed by atoms with van der Waals surface area (Å²) >= 11 is 0. The van der Waals surface area contributed by atoms with Crippen LogP contribution >= 0.6 is 0 Å². The van der Waals surface area contributed by atoms with Crippen LogP contribution in [0, 0.1) is 10.8 Å². The van der Waals surface area contributed by atoms with E-state index in [1.807, 2.05) is 62.4 Å². The van der Waals surface area contributed by atoms with Gasteiger partial charge in [0.05, 0.1) is 14.2 Å². The molecular formula is C64H82N4O14. The Labute approximate surface area is 482 Å². The largest absolute Gasteiger partial charge is 0.497 e. The minimum Gasteiger partial charge on any atom is -0.497 e. The average Bonchev–Trinajstić information content (AvgIpc) is 3.57. The van der Waals surface area contributed by atoms with Crippen LogP contribution in [0.2, 0.25) is 0 Å². The summed E-state index contributed by atoms with van der Waals surface area (Å²) in [7, 11) is 3.18. The Morgan fingerprint density at radius 3 is 1.26 bits per heavy atom. The van der Waals surface area contributed by atoms with Gasteiger partial charge in [-0.05, 0) is 148 Å². The molecule has 0 bridgehead atoms. The fourth-order valence-corrected chi connectivity index (χ4v) is 9.62.